The molecule has 0 atom stereocenters. The van der Waals surface area contributed by atoms with Gasteiger partial charge in [0, 0.05) is 0 Å². The minimum absolute atomic E-state index is 0.131. The number of rotatable bonds is 6. The molecule has 4 rings (SSSR count). The molecule has 1 saturated heterocycles. The van der Waals surface area contributed by atoms with Crippen LogP contribution in [0.2, 0.25) is 0 Å². The van der Waals surface area contributed by atoms with E-state index in [9.17, 15) is 9.18 Å². The molecule has 29 heavy (non-hydrogen) atoms. The highest BCUT2D eigenvalue weighted by Crippen LogP contribution is 2.17. The van der Waals surface area contributed by atoms with E-state index in [4.69, 9.17) is 9.47 Å². The zero-order chi connectivity index (χ0) is 20.4. The van der Waals surface area contributed by atoms with Crippen LogP contribution in [0.15, 0.2) is 36.7 Å². The quantitative estimate of drug-likeness (QED) is 0.673. The monoisotopic (exact) mass is 398 g/mol. The van der Waals surface area contributed by atoms with Gasteiger partial charge in [-0.15, -0.1) is 5.10 Å². The molecule has 1 aliphatic rings. The summed E-state index contributed by atoms with van der Waals surface area (Å²) in [7, 11) is 0. The van der Waals surface area contributed by atoms with Gasteiger partial charge in [-0.3, -0.25) is 4.79 Å². The molecule has 0 radical (unpaired) electrons. The number of benzene rings is 1. The van der Waals surface area contributed by atoms with Crippen molar-refractivity contribution in [2.75, 3.05) is 13.2 Å². The van der Waals surface area contributed by atoms with Gasteiger partial charge < -0.3 is 14.8 Å². The van der Waals surface area contributed by atoms with Crippen molar-refractivity contribution in [1.82, 2.24) is 30.3 Å². The Morgan fingerprint density at radius 1 is 1.28 bits per heavy atom. The van der Waals surface area contributed by atoms with Crippen LogP contribution < -0.4 is 10.1 Å². The average Bonchev–Trinajstić information content (AvgIpc) is 3.06. The fraction of sp³-hybridized carbons (Fsp3) is 0.316. The van der Waals surface area contributed by atoms with E-state index in [1.165, 1.54) is 24.5 Å². The first-order chi connectivity index (χ1) is 13.9. The molecule has 0 bridgehead atoms. The molecule has 3 aromatic rings. The van der Waals surface area contributed by atoms with Crippen LogP contribution in [0.3, 0.4) is 0 Å². The summed E-state index contributed by atoms with van der Waals surface area (Å²) < 4.78 is 25.5. The molecule has 1 fully saturated rings. The summed E-state index contributed by atoms with van der Waals surface area (Å²) in [5, 5.41) is 11.0. The van der Waals surface area contributed by atoms with Gasteiger partial charge in [-0.2, -0.15) is 0 Å². The van der Waals surface area contributed by atoms with E-state index >= 15 is 0 Å². The second kappa shape index (κ2) is 7.55. The van der Waals surface area contributed by atoms with E-state index < -0.39 is 0 Å². The van der Waals surface area contributed by atoms with E-state index in [2.05, 4.69) is 25.6 Å². The zero-order valence-electron chi connectivity index (χ0n) is 15.9. The summed E-state index contributed by atoms with van der Waals surface area (Å²) in [4.78, 5) is 20.5. The Balaban J connectivity index is 1.42. The SMILES string of the molecule is Cc1nnn(-c2ccc(F)cc2)c1COc1cnc(C(=O)NC2(C)COC2)cn1. The molecule has 2 aromatic heterocycles. The zero-order valence-corrected chi connectivity index (χ0v) is 15.9. The number of ether oxygens (including phenoxy) is 2. The Bertz CT molecular complexity index is 1020. The van der Waals surface area contributed by atoms with Gasteiger partial charge in [0.25, 0.3) is 5.91 Å². The maximum atomic E-state index is 13.2. The normalized spacial score (nSPS) is 14.9. The lowest BCUT2D eigenvalue weighted by Crippen LogP contribution is -2.60. The Morgan fingerprint density at radius 2 is 2.03 bits per heavy atom. The van der Waals surface area contributed by atoms with Crippen LogP contribution in [0, 0.1) is 12.7 Å². The molecule has 0 saturated carbocycles. The number of aromatic nitrogens is 5. The summed E-state index contributed by atoms with van der Waals surface area (Å²) >= 11 is 0. The van der Waals surface area contributed by atoms with Gasteiger partial charge in [-0.05, 0) is 38.1 Å². The van der Waals surface area contributed by atoms with E-state index in [0.717, 1.165) is 0 Å². The van der Waals surface area contributed by atoms with Crippen LogP contribution in [0.4, 0.5) is 4.39 Å². The minimum Gasteiger partial charge on any atom is -0.470 e. The number of carbonyl (C=O) groups excluding carboxylic acids is 1. The van der Waals surface area contributed by atoms with Gasteiger partial charge >= 0.3 is 0 Å². The second-order valence-electron chi connectivity index (χ2n) is 7.05. The third kappa shape index (κ3) is 4.06. The van der Waals surface area contributed by atoms with Gasteiger partial charge in [-0.1, -0.05) is 5.21 Å². The summed E-state index contributed by atoms with van der Waals surface area (Å²) in [5.41, 5.74) is 1.86. The molecule has 150 valence electrons. The van der Waals surface area contributed by atoms with Crippen molar-refractivity contribution in [2.45, 2.75) is 26.0 Å². The molecule has 1 aromatic carbocycles. The predicted octanol–water partition coefficient (Wildman–Crippen LogP) is 1.60. The van der Waals surface area contributed by atoms with E-state index in [0.29, 0.717) is 30.3 Å². The van der Waals surface area contributed by atoms with Gasteiger partial charge in [0.15, 0.2) is 0 Å². The summed E-state index contributed by atoms with van der Waals surface area (Å²) in [6.07, 6.45) is 2.74. The number of halogens is 1. The molecule has 3 heterocycles. The van der Waals surface area contributed by atoms with Crippen molar-refractivity contribution in [1.29, 1.82) is 0 Å². The van der Waals surface area contributed by atoms with E-state index in [1.807, 2.05) is 6.92 Å². The molecule has 1 amide bonds. The Hall–Kier alpha value is -3.40. The fourth-order valence-electron chi connectivity index (χ4n) is 2.80. The minimum atomic E-state index is -0.364. The highest BCUT2D eigenvalue weighted by atomic mass is 19.1. The molecule has 1 aliphatic heterocycles. The van der Waals surface area contributed by atoms with Crippen molar-refractivity contribution >= 4 is 5.91 Å². The van der Waals surface area contributed by atoms with E-state index in [-0.39, 0.29) is 35.4 Å². The number of hydrogen-bond donors (Lipinski definition) is 1. The van der Waals surface area contributed by atoms with E-state index in [1.54, 1.807) is 23.7 Å². The molecular formula is C19H19FN6O3. The maximum Gasteiger partial charge on any atom is 0.272 e. The number of amides is 1. The number of hydrogen-bond acceptors (Lipinski definition) is 7. The molecule has 10 heteroatoms. The van der Waals surface area contributed by atoms with Gasteiger partial charge in [-0.25, -0.2) is 19.0 Å². The van der Waals surface area contributed by atoms with Crippen molar-refractivity contribution < 1.29 is 18.7 Å². The fourth-order valence-corrected chi connectivity index (χ4v) is 2.80. The van der Waals surface area contributed by atoms with Crippen LogP contribution in [-0.4, -0.2) is 49.6 Å². The topological polar surface area (TPSA) is 104 Å². The largest absolute Gasteiger partial charge is 0.470 e. The average molecular weight is 398 g/mol. The summed E-state index contributed by atoms with van der Waals surface area (Å²) in [6.45, 7) is 4.78. The van der Waals surface area contributed by atoms with Gasteiger partial charge in [0.1, 0.15) is 23.8 Å². The number of nitrogens with zero attached hydrogens (tertiary/aromatic N) is 5. The Kier molecular flexibility index (Phi) is 4.93. The van der Waals surface area contributed by atoms with Crippen LogP contribution in [0.1, 0.15) is 28.8 Å². The maximum absolute atomic E-state index is 13.2. The Labute approximate surface area is 165 Å². The van der Waals surface area contributed by atoms with Crippen LogP contribution in [0.5, 0.6) is 5.88 Å². The third-order valence-electron chi connectivity index (χ3n) is 4.50. The van der Waals surface area contributed by atoms with Crippen molar-refractivity contribution in [3.63, 3.8) is 0 Å². The third-order valence-corrected chi connectivity index (χ3v) is 4.50. The Morgan fingerprint density at radius 3 is 2.66 bits per heavy atom. The molecule has 0 spiro atoms. The molecular weight excluding hydrogens is 379 g/mol. The summed E-state index contributed by atoms with van der Waals surface area (Å²) in [6, 6.07) is 5.91. The number of nitrogens with one attached hydrogen (secondary N) is 1. The first-order valence-electron chi connectivity index (χ1n) is 8.96. The van der Waals surface area contributed by atoms with Crippen molar-refractivity contribution in [2.24, 2.45) is 0 Å². The molecule has 0 aliphatic carbocycles. The lowest BCUT2D eigenvalue weighted by molar-refractivity contribution is -0.0594. The first kappa shape index (κ1) is 18.9. The van der Waals surface area contributed by atoms with Crippen molar-refractivity contribution in [3.8, 4) is 11.6 Å². The smallest absolute Gasteiger partial charge is 0.272 e. The number of carbonyl (C=O) groups is 1. The van der Waals surface area contributed by atoms with Crippen LogP contribution in [-0.2, 0) is 11.3 Å². The standard InChI is InChI=1S/C19H19FN6O3/c1-12-16(26(25-24-12)14-5-3-13(20)4-6-14)9-29-17-8-21-15(7-22-17)18(27)23-19(2)10-28-11-19/h3-8H,9-11H2,1-2H3,(H,23,27). The van der Waals surface area contributed by atoms with Crippen molar-refractivity contribution in [3.05, 3.63) is 59.6 Å². The predicted molar refractivity (Wildman–Crippen MR) is 99.1 cm³/mol. The van der Waals surface area contributed by atoms with Crippen LogP contribution >= 0.6 is 0 Å². The lowest BCUT2D eigenvalue weighted by atomic mass is 10.0. The van der Waals surface area contributed by atoms with Crippen LogP contribution in [0.25, 0.3) is 5.69 Å². The lowest BCUT2D eigenvalue weighted by Gasteiger charge is -2.38. The summed E-state index contributed by atoms with van der Waals surface area (Å²) in [5.74, 6) is -0.392. The molecule has 9 nitrogen and oxygen atoms in total. The van der Waals surface area contributed by atoms with Gasteiger partial charge in [0.05, 0.1) is 42.5 Å². The highest BCUT2D eigenvalue weighted by molar-refractivity contribution is 5.92. The first-order valence-corrected chi connectivity index (χ1v) is 8.96. The number of aryl methyl sites for hydroxylation is 1. The van der Waals surface area contributed by atoms with Gasteiger partial charge in [0.2, 0.25) is 5.88 Å². The highest BCUT2D eigenvalue weighted by Gasteiger charge is 2.35. The second-order valence-corrected chi connectivity index (χ2v) is 7.05. The molecule has 0 unspecified atom stereocenters. The molecule has 1 N–H and O–H groups in total.